The van der Waals surface area contributed by atoms with Crippen LogP contribution in [0, 0.1) is 0 Å². The van der Waals surface area contributed by atoms with E-state index in [4.69, 9.17) is 23.2 Å². The number of nitrogens with zero attached hydrogens (tertiary/aromatic N) is 2. The highest BCUT2D eigenvalue weighted by atomic mass is 35.5. The third-order valence-electron chi connectivity index (χ3n) is 2.67. The van der Waals surface area contributed by atoms with Crippen molar-refractivity contribution in [3.05, 3.63) is 46.7 Å². The van der Waals surface area contributed by atoms with E-state index < -0.39 is 0 Å². The fourth-order valence-electron chi connectivity index (χ4n) is 1.77. The largest absolute Gasteiger partial charge is 0.236 e. The van der Waals surface area contributed by atoms with Crippen molar-refractivity contribution in [3.8, 4) is 11.4 Å². The predicted molar refractivity (Wildman–Crippen MR) is 76.0 cm³/mol. The Labute approximate surface area is 117 Å². The van der Waals surface area contributed by atoms with Gasteiger partial charge in [0.2, 0.25) is 0 Å². The number of halogens is 2. The average molecular weight is 281 g/mol. The number of alkyl halides is 1. The lowest BCUT2D eigenvalue weighted by Crippen LogP contribution is -2.00. The predicted octanol–water partition coefficient (Wildman–Crippen LogP) is 4.49. The zero-order valence-corrected chi connectivity index (χ0v) is 11.7. The molecule has 2 nitrogen and oxygen atoms in total. The van der Waals surface area contributed by atoms with Gasteiger partial charge in [0.1, 0.15) is 0 Å². The van der Waals surface area contributed by atoms with Gasteiger partial charge in [-0.1, -0.05) is 37.1 Å². The molecule has 0 aliphatic carbocycles. The van der Waals surface area contributed by atoms with E-state index in [1.54, 1.807) is 6.20 Å². The van der Waals surface area contributed by atoms with Crippen molar-refractivity contribution in [1.82, 2.24) is 9.97 Å². The summed E-state index contributed by atoms with van der Waals surface area (Å²) in [5.74, 6) is 1.15. The summed E-state index contributed by atoms with van der Waals surface area (Å²) in [6.07, 6.45) is 3.76. The Hall–Kier alpha value is -1.12. The van der Waals surface area contributed by atoms with Crippen LogP contribution < -0.4 is 0 Å². The van der Waals surface area contributed by atoms with Gasteiger partial charge in [0.05, 0.1) is 5.88 Å². The normalized spacial score (nSPS) is 10.6. The average Bonchev–Trinajstić information content (AvgIpc) is 2.39. The number of hydrogen-bond acceptors (Lipinski definition) is 2. The minimum Gasteiger partial charge on any atom is -0.236 e. The van der Waals surface area contributed by atoms with Gasteiger partial charge in [-0.05, 0) is 18.6 Å². The first-order chi connectivity index (χ1) is 8.74. The lowest BCUT2D eigenvalue weighted by molar-refractivity contribution is 0.859. The van der Waals surface area contributed by atoms with E-state index in [-0.39, 0.29) is 0 Å². The first-order valence-corrected chi connectivity index (χ1v) is 6.82. The van der Waals surface area contributed by atoms with Gasteiger partial charge in [0.15, 0.2) is 5.82 Å². The van der Waals surface area contributed by atoms with Gasteiger partial charge in [-0.15, -0.1) is 11.6 Å². The van der Waals surface area contributed by atoms with Crippen LogP contribution >= 0.6 is 23.2 Å². The SMILES string of the molecule is CCCc1nc(-c2cccc(Cl)c2)ncc1CCl. The second kappa shape index (κ2) is 6.17. The third kappa shape index (κ3) is 3.01. The van der Waals surface area contributed by atoms with E-state index in [9.17, 15) is 0 Å². The number of hydrogen-bond donors (Lipinski definition) is 0. The van der Waals surface area contributed by atoms with Crippen LogP contribution in [0.3, 0.4) is 0 Å². The van der Waals surface area contributed by atoms with Crippen molar-refractivity contribution in [2.45, 2.75) is 25.6 Å². The molecule has 0 amide bonds. The lowest BCUT2D eigenvalue weighted by atomic mass is 10.1. The van der Waals surface area contributed by atoms with Gasteiger partial charge in [-0.3, -0.25) is 0 Å². The molecule has 4 heteroatoms. The Balaban J connectivity index is 2.43. The maximum atomic E-state index is 5.98. The van der Waals surface area contributed by atoms with Crippen molar-refractivity contribution < 1.29 is 0 Å². The Bertz CT molecular complexity index is 541. The van der Waals surface area contributed by atoms with Crippen LogP contribution in [0.4, 0.5) is 0 Å². The molecular weight excluding hydrogens is 267 g/mol. The fourth-order valence-corrected chi connectivity index (χ4v) is 2.19. The molecule has 1 aromatic heterocycles. The molecule has 0 aliphatic rings. The molecule has 2 aromatic rings. The smallest absolute Gasteiger partial charge is 0.159 e. The molecule has 0 saturated heterocycles. The highest BCUT2D eigenvalue weighted by molar-refractivity contribution is 6.30. The van der Waals surface area contributed by atoms with E-state index in [2.05, 4.69) is 16.9 Å². The molecule has 0 spiro atoms. The molecule has 18 heavy (non-hydrogen) atoms. The molecule has 1 aromatic carbocycles. The van der Waals surface area contributed by atoms with Crippen molar-refractivity contribution >= 4 is 23.2 Å². The summed E-state index contributed by atoms with van der Waals surface area (Å²) in [6.45, 7) is 2.12. The number of aryl methyl sites for hydroxylation is 1. The number of rotatable bonds is 4. The van der Waals surface area contributed by atoms with Crippen molar-refractivity contribution in [3.63, 3.8) is 0 Å². The van der Waals surface area contributed by atoms with Gasteiger partial charge < -0.3 is 0 Å². The minimum atomic E-state index is 0.450. The monoisotopic (exact) mass is 280 g/mol. The summed E-state index contributed by atoms with van der Waals surface area (Å²) in [4.78, 5) is 8.94. The minimum absolute atomic E-state index is 0.450. The second-order valence-electron chi connectivity index (χ2n) is 4.06. The molecular formula is C14H14Cl2N2. The second-order valence-corrected chi connectivity index (χ2v) is 4.76. The number of aromatic nitrogens is 2. The Morgan fingerprint density at radius 2 is 2.11 bits per heavy atom. The van der Waals surface area contributed by atoms with E-state index in [0.717, 1.165) is 29.7 Å². The van der Waals surface area contributed by atoms with Gasteiger partial charge in [-0.25, -0.2) is 9.97 Å². The molecule has 0 unspecified atom stereocenters. The zero-order chi connectivity index (χ0) is 13.0. The molecule has 0 N–H and O–H groups in total. The van der Waals surface area contributed by atoms with Crippen LogP contribution in [0.25, 0.3) is 11.4 Å². The summed E-state index contributed by atoms with van der Waals surface area (Å²) in [5.41, 5.74) is 2.96. The van der Waals surface area contributed by atoms with Crippen LogP contribution in [-0.2, 0) is 12.3 Å². The van der Waals surface area contributed by atoms with Gasteiger partial charge in [-0.2, -0.15) is 0 Å². The zero-order valence-electron chi connectivity index (χ0n) is 10.2. The first-order valence-electron chi connectivity index (χ1n) is 5.91. The Morgan fingerprint density at radius 3 is 2.78 bits per heavy atom. The highest BCUT2D eigenvalue weighted by Gasteiger charge is 2.07. The molecule has 94 valence electrons. The van der Waals surface area contributed by atoms with Crippen LogP contribution in [0.1, 0.15) is 24.6 Å². The highest BCUT2D eigenvalue weighted by Crippen LogP contribution is 2.21. The van der Waals surface area contributed by atoms with Crippen LogP contribution in [0.2, 0.25) is 5.02 Å². The fraction of sp³-hybridized carbons (Fsp3) is 0.286. The molecule has 1 heterocycles. The third-order valence-corrected chi connectivity index (χ3v) is 3.19. The van der Waals surface area contributed by atoms with Crippen LogP contribution in [0.5, 0.6) is 0 Å². The number of benzene rings is 1. The quantitative estimate of drug-likeness (QED) is 0.772. The Morgan fingerprint density at radius 1 is 1.28 bits per heavy atom. The molecule has 0 saturated carbocycles. The summed E-state index contributed by atoms with van der Waals surface area (Å²) in [5, 5.41) is 0.689. The van der Waals surface area contributed by atoms with Gasteiger partial charge in [0.25, 0.3) is 0 Å². The standard InChI is InChI=1S/C14H14Cl2N2/c1-2-4-13-11(8-15)9-17-14(18-13)10-5-3-6-12(16)7-10/h3,5-7,9H,2,4,8H2,1H3. The maximum absolute atomic E-state index is 5.98. The van der Waals surface area contributed by atoms with Gasteiger partial charge in [0, 0.05) is 28.0 Å². The molecule has 0 atom stereocenters. The van der Waals surface area contributed by atoms with E-state index in [0.29, 0.717) is 16.7 Å². The molecule has 0 bridgehead atoms. The molecule has 2 rings (SSSR count). The van der Waals surface area contributed by atoms with Crippen molar-refractivity contribution in [1.29, 1.82) is 0 Å². The summed E-state index contributed by atoms with van der Waals surface area (Å²) in [7, 11) is 0. The Kier molecular flexibility index (Phi) is 4.56. The van der Waals surface area contributed by atoms with Crippen LogP contribution in [-0.4, -0.2) is 9.97 Å². The first kappa shape index (κ1) is 13.3. The van der Waals surface area contributed by atoms with E-state index in [1.807, 2.05) is 24.3 Å². The van der Waals surface area contributed by atoms with Crippen LogP contribution in [0.15, 0.2) is 30.5 Å². The summed E-state index contributed by atoms with van der Waals surface area (Å²) < 4.78 is 0. The summed E-state index contributed by atoms with van der Waals surface area (Å²) >= 11 is 11.9. The molecule has 0 fully saturated rings. The maximum Gasteiger partial charge on any atom is 0.159 e. The van der Waals surface area contributed by atoms with Crippen molar-refractivity contribution in [2.75, 3.05) is 0 Å². The van der Waals surface area contributed by atoms with E-state index >= 15 is 0 Å². The molecule has 0 radical (unpaired) electrons. The van der Waals surface area contributed by atoms with Crippen molar-refractivity contribution in [2.24, 2.45) is 0 Å². The lowest BCUT2D eigenvalue weighted by Gasteiger charge is -2.07. The van der Waals surface area contributed by atoms with E-state index in [1.165, 1.54) is 0 Å². The topological polar surface area (TPSA) is 25.8 Å². The molecule has 0 aliphatic heterocycles. The van der Waals surface area contributed by atoms with Gasteiger partial charge >= 0.3 is 0 Å². The summed E-state index contributed by atoms with van der Waals surface area (Å²) in [6, 6.07) is 7.56.